The average Bonchev–Trinajstić information content (AvgIpc) is 2.82. The third kappa shape index (κ3) is 5.73. The third-order valence-corrected chi connectivity index (χ3v) is 3.80. The Labute approximate surface area is 114 Å². The van der Waals surface area contributed by atoms with E-state index in [0.29, 0.717) is 37.7 Å². The lowest BCUT2D eigenvalue weighted by atomic mass is 10.3. The van der Waals surface area contributed by atoms with Crippen LogP contribution in [0, 0.1) is 0 Å². The minimum atomic E-state index is -3.58. The maximum Gasteiger partial charge on any atom is 0.273 e. The first-order valence-electron chi connectivity index (χ1n) is 6.38. The van der Waals surface area contributed by atoms with Gasteiger partial charge in [0.1, 0.15) is 5.76 Å². The van der Waals surface area contributed by atoms with Crippen molar-refractivity contribution >= 4 is 10.0 Å². The second-order valence-electron chi connectivity index (χ2n) is 4.58. The molecule has 1 aromatic heterocycles. The topological polar surface area (TPSA) is 91.6 Å². The van der Waals surface area contributed by atoms with Crippen LogP contribution in [0.5, 0.6) is 0 Å². The van der Waals surface area contributed by atoms with E-state index in [1.807, 2.05) is 13.8 Å². The number of hydrogen-bond acceptors (Lipinski definition) is 5. The summed E-state index contributed by atoms with van der Waals surface area (Å²) in [5.74, 6) is 0.587. The van der Waals surface area contributed by atoms with E-state index >= 15 is 0 Å². The summed E-state index contributed by atoms with van der Waals surface area (Å²) < 4.78 is 31.4. The normalized spacial score (nSPS) is 12.2. The molecule has 1 heterocycles. The van der Waals surface area contributed by atoms with Crippen molar-refractivity contribution in [2.24, 2.45) is 0 Å². The second kappa shape index (κ2) is 7.64. The summed E-state index contributed by atoms with van der Waals surface area (Å²) in [5, 5.41) is 11.7. The molecule has 0 saturated carbocycles. The van der Waals surface area contributed by atoms with Crippen LogP contribution in [0.3, 0.4) is 0 Å². The molecule has 0 aliphatic rings. The Morgan fingerprint density at radius 1 is 1.32 bits per heavy atom. The number of unbranched alkanes of at least 4 members (excludes halogenated alkanes) is 1. The van der Waals surface area contributed by atoms with Crippen molar-refractivity contribution in [1.29, 1.82) is 0 Å². The molecule has 0 unspecified atom stereocenters. The van der Waals surface area contributed by atoms with Crippen molar-refractivity contribution < 1.29 is 17.9 Å². The van der Waals surface area contributed by atoms with E-state index < -0.39 is 10.0 Å². The summed E-state index contributed by atoms with van der Waals surface area (Å²) >= 11 is 0. The number of aliphatic hydroxyl groups excluding tert-OH is 1. The molecule has 1 rings (SSSR count). The summed E-state index contributed by atoms with van der Waals surface area (Å²) in [7, 11) is -3.58. The van der Waals surface area contributed by atoms with Crippen LogP contribution in [0.1, 0.15) is 32.4 Å². The molecule has 0 aliphatic heterocycles. The summed E-state index contributed by atoms with van der Waals surface area (Å²) in [6, 6.07) is 3.41. The summed E-state index contributed by atoms with van der Waals surface area (Å²) in [4.78, 5) is 0. The Morgan fingerprint density at radius 2 is 2.05 bits per heavy atom. The summed E-state index contributed by atoms with van der Waals surface area (Å²) in [6.45, 7) is 4.86. The van der Waals surface area contributed by atoms with Crippen LogP contribution in [0.25, 0.3) is 0 Å². The van der Waals surface area contributed by atoms with Crippen LogP contribution in [0.15, 0.2) is 21.6 Å². The zero-order chi connectivity index (χ0) is 14.3. The predicted molar refractivity (Wildman–Crippen MR) is 72.2 cm³/mol. The van der Waals surface area contributed by atoms with Gasteiger partial charge in [0.25, 0.3) is 10.0 Å². The molecular formula is C12H22N2O4S. The number of rotatable bonds is 9. The lowest BCUT2D eigenvalue weighted by molar-refractivity contribution is 0.285. The molecule has 3 N–H and O–H groups in total. The van der Waals surface area contributed by atoms with Crippen molar-refractivity contribution in [2.75, 3.05) is 13.2 Å². The zero-order valence-corrected chi connectivity index (χ0v) is 12.2. The Kier molecular flexibility index (Phi) is 6.50. The van der Waals surface area contributed by atoms with Gasteiger partial charge in [-0.1, -0.05) is 13.8 Å². The largest absolute Gasteiger partial charge is 0.447 e. The van der Waals surface area contributed by atoms with Gasteiger partial charge in [-0.25, -0.2) is 13.1 Å². The number of aliphatic hydroxyl groups is 1. The van der Waals surface area contributed by atoms with Crippen molar-refractivity contribution in [3.8, 4) is 0 Å². The van der Waals surface area contributed by atoms with Crippen molar-refractivity contribution in [3.63, 3.8) is 0 Å². The van der Waals surface area contributed by atoms with Gasteiger partial charge in [0.05, 0.1) is 6.54 Å². The Balaban J connectivity index is 2.53. The number of furan rings is 1. The molecule has 110 valence electrons. The fraction of sp³-hybridized carbons (Fsp3) is 0.667. The minimum absolute atomic E-state index is 0.0630. The molecule has 19 heavy (non-hydrogen) atoms. The van der Waals surface area contributed by atoms with Gasteiger partial charge in [-0.2, -0.15) is 0 Å². The van der Waals surface area contributed by atoms with E-state index in [9.17, 15) is 8.42 Å². The first kappa shape index (κ1) is 16.2. The van der Waals surface area contributed by atoms with Crippen LogP contribution >= 0.6 is 0 Å². The van der Waals surface area contributed by atoms with E-state index in [-0.39, 0.29) is 11.7 Å². The molecule has 0 saturated heterocycles. The van der Waals surface area contributed by atoms with Crippen LogP contribution < -0.4 is 10.0 Å². The fourth-order valence-corrected chi connectivity index (χ4v) is 2.44. The van der Waals surface area contributed by atoms with Crippen molar-refractivity contribution in [3.05, 3.63) is 17.9 Å². The lowest BCUT2D eigenvalue weighted by Gasteiger charge is -2.05. The molecule has 0 fully saturated rings. The van der Waals surface area contributed by atoms with Crippen molar-refractivity contribution in [2.45, 2.75) is 44.4 Å². The highest BCUT2D eigenvalue weighted by molar-refractivity contribution is 7.89. The molecule has 0 aliphatic carbocycles. The quantitative estimate of drug-likeness (QED) is 0.586. The standard InChI is InChI=1S/C12H22N2O4S/c1-10(2)13-9-11-5-6-12(18-11)19(16,17)14-7-3-4-8-15/h5-6,10,13-15H,3-4,7-9H2,1-2H3. The highest BCUT2D eigenvalue weighted by atomic mass is 32.2. The fourth-order valence-electron chi connectivity index (χ4n) is 1.42. The smallest absolute Gasteiger partial charge is 0.273 e. The van der Waals surface area contributed by atoms with Gasteiger partial charge in [-0.15, -0.1) is 0 Å². The maximum atomic E-state index is 11.9. The van der Waals surface area contributed by atoms with Gasteiger partial charge < -0.3 is 14.8 Å². The van der Waals surface area contributed by atoms with Gasteiger partial charge in [-0.05, 0) is 25.0 Å². The zero-order valence-electron chi connectivity index (χ0n) is 11.3. The molecule has 0 atom stereocenters. The van der Waals surface area contributed by atoms with Crippen LogP contribution in [-0.4, -0.2) is 32.7 Å². The molecule has 7 heteroatoms. The predicted octanol–water partition coefficient (Wildman–Crippen LogP) is 0.828. The number of sulfonamides is 1. The molecule has 0 bridgehead atoms. The van der Waals surface area contributed by atoms with Crippen LogP contribution in [0.4, 0.5) is 0 Å². The molecule has 0 radical (unpaired) electrons. The van der Waals surface area contributed by atoms with E-state index in [1.165, 1.54) is 6.07 Å². The van der Waals surface area contributed by atoms with Crippen LogP contribution in [-0.2, 0) is 16.6 Å². The molecule has 0 aromatic carbocycles. The highest BCUT2D eigenvalue weighted by Gasteiger charge is 2.17. The SMILES string of the molecule is CC(C)NCc1ccc(S(=O)(=O)NCCCCO)o1. The molecule has 6 nitrogen and oxygen atoms in total. The molecular weight excluding hydrogens is 268 g/mol. The Bertz CT molecular complexity index is 468. The number of hydrogen-bond donors (Lipinski definition) is 3. The third-order valence-electron chi connectivity index (χ3n) is 2.46. The molecule has 1 aromatic rings. The van der Waals surface area contributed by atoms with Crippen molar-refractivity contribution in [1.82, 2.24) is 10.0 Å². The molecule has 0 spiro atoms. The van der Waals surface area contributed by atoms with Crippen LogP contribution in [0.2, 0.25) is 0 Å². The Hall–Kier alpha value is -0.890. The summed E-state index contributed by atoms with van der Waals surface area (Å²) in [5.41, 5.74) is 0. The first-order chi connectivity index (χ1) is 8.95. The highest BCUT2D eigenvalue weighted by Crippen LogP contribution is 2.13. The van der Waals surface area contributed by atoms with Gasteiger partial charge >= 0.3 is 0 Å². The van der Waals surface area contributed by atoms with Gasteiger partial charge in [-0.3, -0.25) is 0 Å². The maximum absolute atomic E-state index is 11.9. The van der Waals surface area contributed by atoms with Gasteiger partial charge in [0.2, 0.25) is 5.09 Å². The lowest BCUT2D eigenvalue weighted by Crippen LogP contribution is -2.24. The average molecular weight is 290 g/mol. The van der Waals surface area contributed by atoms with E-state index in [2.05, 4.69) is 10.0 Å². The van der Waals surface area contributed by atoms with E-state index in [1.54, 1.807) is 6.07 Å². The Morgan fingerprint density at radius 3 is 2.68 bits per heavy atom. The molecule has 0 amide bonds. The first-order valence-corrected chi connectivity index (χ1v) is 7.86. The second-order valence-corrected chi connectivity index (χ2v) is 6.28. The van der Waals surface area contributed by atoms with Gasteiger partial charge in [0, 0.05) is 19.2 Å². The minimum Gasteiger partial charge on any atom is -0.447 e. The monoisotopic (exact) mass is 290 g/mol. The van der Waals surface area contributed by atoms with E-state index in [4.69, 9.17) is 9.52 Å². The summed E-state index contributed by atoms with van der Waals surface area (Å²) in [6.07, 6.45) is 1.17. The van der Waals surface area contributed by atoms with Gasteiger partial charge in [0.15, 0.2) is 0 Å². The number of nitrogens with one attached hydrogen (secondary N) is 2. The van der Waals surface area contributed by atoms with E-state index in [0.717, 1.165) is 0 Å².